The quantitative estimate of drug-likeness (QED) is 0.672. The van der Waals surface area contributed by atoms with Gasteiger partial charge in [-0.05, 0) is 55.2 Å². The highest BCUT2D eigenvalue weighted by Crippen LogP contribution is 2.41. The van der Waals surface area contributed by atoms with Gasteiger partial charge in [-0.3, -0.25) is 4.79 Å². The lowest BCUT2D eigenvalue weighted by Crippen LogP contribution is -2.49. The summed E-state index contributed by atoms with van der Waals surface area (Å²) in [6.45, 7) is 4.48. The summed E-state index contributed by atoms with van der Waals surface area (Å²) in [6.07, 6.45) is -2.41. The van der Waals surface area contributed by atoms with Gasteiger partial charge in [0.1, 0.15) is 0 Å². The molecule has 1 saturated carbocycles. The van der Waals surface area contributed by atoms with Crippen LogP contribution >= 0.6 is 0 Å². The minimum atomic E-state index is -4.61. The van der Waals surface area contributed by atoms with Crippen molar-refractivity contribution in [2.24, 2.45) is 23.5 Å². The maximum Gasteiger partial charge on any atom is 0.416 e. The van der Waals surface area contributed by atoms with Gasteiger partial charge in [0.05, 0.1) is 16.5 Å². The van der Waals surface area contributed by atoms with Crippen LogP contribution in [0.1, 0.15) is 38.7 Å². The van der Waals surface area contributed by atoms with E-state index in [0.717, 1.165) is 25.0 Å². The normalized spacial score (nSPS) is 26.1. The Labute approximate surface area is 175 Å². The van der Waals surface area contributed by atoms with Gasteiger partial charge in [0.25, 0.3) is 0 Å². The van der Waals surface area contributed by atoms with Crippen LogP contribution in [0, 0.1) is 17.8 Å². The van der Waals surface area contributed by atoms with Crippen LogP contribution in [-0.4, -0.2) is 43.8 Å². The molecule has 1 heterocycles. The molecule has 1 aliphatic carbocycles. The number of hydrogen-bond donors (Lipinski definition) is 2. The number of sulfonamides is 1. The Morgan fingerprint density at radius 2 is 1.97 bits per heavy atom. The molecular formula is C20H28F3N3O3S. The van der Waals surface area contributed by atoms with Gasteiger partial charge in [-0.15, -0.1) is 0 Å². The lowest BCUT2D eigenvalue weighted by Gasteiger charge is -2.26. The zero-order valence-electron chi connectivity index (χ0n) is 17.0. The van der Waals surface area contributed by atoms with Crippen molar-refractivity contribution in [2.45, 2.75) is 56.3 Å². The molecule has 3 N–H and O–H groups in total. The smallest absolute Gasteiger partial charge is 0.368 e. The van der Waals surface area contributed by atoms with Crippen molar-refractivity contribution in [3.05, 3.63) is 29.8 Å². The molecule has 3 rings (SSSR count). The number of nitrogens with two attached hydrogens (primary N) is 1. The maximum absolute atomic E-state index is 13.0. The van der Waals surface area contributed by atoms with Crippen molar-refractivity contribution < 1.29 is 26.4 Å². The molecule has 1 saturated heterocycles. The topological polar surface area (TPSA) is 92.5 Å². The number of nitrogens with one attached hydrogen (secondary N) is 1. The first-order valence-corrected chi connectivity index (χ1v) is 11.6. The van der Waals surface area contributed by atoms with Gasteiger partial charge < -0.3 is 11.1 Å². The predicted molar refractivity (Wildman–Crippen MR) is 106 cm³/mol. The zero-order valence-corrected chi connectivity index (χ0v) is 17.8. The number of nitrogens with zero attached hydrogens (tertiary/aromatic N) is 1. The summed E-state index contributed by atoms with van der Waals surface area (Å²) in [5.74, 6) is -0.0533. The van der Waals surface area contributed by atoms with Gasteiger partial charge >= 0.3 is 6.18 Å². The molecule has 1 amide bonds. The number of rotatable bonds is 7. The van der Waals surface area contributed by atoms with E-state index in [4.69, 9.17) is 5.73 Å². The van der Waals surface area contributed by atoms with E-state index in [0.29, 0.717) is 12.5 Å². The molecule has 168 valence electrons. The lowest BCUT2D eigenvalue weighted by atomic mass is 9.96. The summed E-state index contributed by atoms with van der Waals surface area (Å²) in [5.41, 5.74) is 4.54. The number of carbonyl (C=O) groups excluding carboxylic acids is 1. The van der Waals surface area contributed by atoms with Crippen LogP contribution in [0.4, 0.5) is 13.2 Å². The second-order valence-electron chi connectivity index (χ2n) is 8.71. The highest BCUT2D eigenvalue weighted by Gasteiger charge is 2.47. The first-order chi connectivity index (χ1) is 13.9. The van der Waals surface area contributed by atoms with Gasteiger partial charge in [-0.2, -0.15) is 17.5 Å². The van der Waals surface area contributed by atoms with Crippen LogP contribution in [0.15, 0.2) is 29.2 Å². The maximum atomic E-state index is 13.0. The van der Waals surface area contributed by atoms with Crippen molar-refractivity contribution in [1.82, 2.24) is 9.62 Å². The summed E-state index contributed by atoms with van der Waals surface area (Å²) in [7, 11) is -4.04. The molecule has 1 aliphatic heterocycles. The molecular weight excluding hydrogens is 419 g/mol. The molecule has 1 aromatic carbocycles. The lowest BCUT2D eigenvalue weighted by molar-refractivity contribution is -0.137. The molecule has 30 heavy (non-hydrogen) atoms. The minimum absolute atomic E-state index is 0.000383. The van der Waals surface area contributed by atoms with E-state index < -0.39 is 33.7 Å². The van der Waals surface area contributed by atoms with Crippen LogP contribution in [0.5, 0.6) is 0 Å². The van der Waals surface area contributed by atoms with Crippen molar-refractivity contribution >= 4 is 15.9 Å². The van der Waals surface area contributed by atoms with Crippen molar-refractivity contribution in [2.75, 3.05) is 13.1 Å². The first-order valence-electron chi connectivity index (χ1n) is 10.1. The Kier molecular flexibility index (Phi) is 6.50. The number of primary amides is 1. The third kappa shape index (κ3) is 4.81. The summed E-state index contributed by atoms with van der Waals surface area (Å²) in [6, 6.07) is 3.32. The molecule has 2 aliphatic rings. The van der Waals surface area contributed by atoms with Crippen molar-refractivity contribution in [3.63, 3.8) is 0 Å². The fourth-order valence-corrected chi connectivity index (χ4v) is 6.19. The van der Waals surface area contributed by atoms with Gasteiger partial charge in [0.2, 0.25) is 15.9 Å². The van der Waals surface area contributed by atoms with Crippen molar-refractivity contribution in [1.29, 1.82) is 0 Å². The van der Waals surface area contributed by atoms with E-state index in [1.807, 2.05) is 13.8 Å². The van der Waals surface area contributed by atoms with Gasteiger partial charge in [-0.1, -0.05) is 19.9 Å². The van der Waals surface area contributed by atoms with Crippen LogP contribution in [0.3, 0.4) is 0 Å². The largest absolute Gasteiger partial charge is 0.416 e. The van der Waals surface area contributed by atoms with E-state index >= 15 is 0 Å². The number of benzene rings is 1. The van der Waals surface area contributed by atoms with E-state index in [1.165, 1.54) is 10.4 Å². The van der Waals surface area contributed by atoms with E-state index in [9.17, 15) is 26.4 Å². The molecule has 0 bridgehead atoms. The van der Waals surface area contributed by atoms with Crippen LogP contribution < -0.4 is 11.1 Å². The van der Waals surface area contributed by atoms with E-state index in [2.05, 4.69) is 5.32 Å². The number of hydrogen-bond acceptors (Lipinski definition) is 4. The molecule has 1 aromatic rings. The number of carbonyl (C=O) groups is 1. The highest BCUT2D eigenvalue weighted by atomic mass is 32.2. The third-order valence-corrected chi connectivity index (χ3v) is 7.92. The van der Waals surface area contributed by atoms with Crippen LogP contribution in [0.25, 0.3) is 0 Å². The average molecular weight is 448 g/mol. The molecule has 0 radical (unpaired) electrons. The Balaban J connectivity index is 1.75. The molecule has 0 aromatic heterocycles. The molecule has 6 nitrogen and oxygen atoms in total. The minimum Gasteiger partial charge on any atom is -0.368 e. The van der Waals surface area contributed by atoms with E-state index in [1.54, 1.807) is 0 Å². The SMILES string of the molecule is CC(C)C[C@H](N[C@H]1CC[C@@H]2CN(S(=O)(=O)c3cccc(C(F)(F)F)c3)C[C@@H]21)C(N)=O. The van der Waals surface area contributed by atoms with E-state index in [-0.39, 0.29) is 41.8 Å². The zero-order chi connectivity index (χ0) is 22.3. The first kappa shape index (κ1) is 23.0. The van der Waals surface area contributed by atoms with Crippen LogP contribution in [0.2, 0.25) is 0 Å². The second-order valence-corrected chi connectivity index (χ2v) is 10.6. The predicted octanol–water partition coefficient (Wildman–Crippen LogP) is 2.59. The molecule has 0 spiro atoms. The molecule has 0 unspecified atom stereocenters. The fourth-order valence-electron chi connectivity index (χ4n) is 4.61. The number of amides is 1. The Hall–Kier alpha value is -1.65. The van der Waals surface area contributed by atoms with Gasteiger partial charge in [0, 0.05) is 19.1 Å². The molecule has 2 fully saturated rings. The molecule has 4 atom stereocenters. The van der Waals surface area contributed by atoms with Crippen molar-refractivity contribution in [3.8, 4) is 0 Å². The summed E-state index contributed by atoms with van der Waals surface area (Å²) >= 11 is 0. The standard InChI is InChI=1S/C20H28F3N3O3S/c1-12(2)8-18(19(24)27)25-17-7-6-13-10-26(11-16(13)17)30(28,29)15-5-3-4-14(9-15)20(21,22)23/h3-5,9,12-13,16-18,25H,6-8,10-11H2,1-2H3,(H2,24,27)/t13-,16+,17+,18+/m1/s1. The summed E-state index contributed by atoms with van der Waals surface area (Å²) in [5, 5.41) is 3.31. The highest BCUT2D eigenvalue weighted by molar-refractivity contribution is 7.89. The third-order valence-electron chi connectivity index (χ3n) is 6.09. The summed E-state index contributed by atoms with van der Waals surface area (Å²) < 4.78 is 66.2. The monoisotopic (exact) mass is 447 g/mol. The second kappa shape index (κ2) is 8.47. The Morgan fingerprint density at radius 3 is 2.57 bits per heavy atom. The fraction of sp³-hybridized carbons (Fsp3) is 0.650. The number of alkyl halides is 3. The van der Waals surface area contributed by atoms with Gasteiger partial charge in [0.15, 0.2) is 0 Å². The van der Waals surface area contributed by atoms with Gasteiger partial charge in [-0.25, -0.2) is 8.42 Å². The Morgan fingerprint density at radius 1 is 1.27 bits per heavy atom. The Bertz CT molecular complexity index is 889. The molecule has 10 heteroatoms. The average Bonchev–Trinajstić information content (AvgIpc) is 3.22. The number of halogens is 3. The summed E-state index contributed by atoms with van der Waals surface area (Å²) in [4.78, 5) is 11.4. The number of fused-ring (bicyclic) bond motifs is 1. The van der Waals surface area contributed by atoms with Crippen LogP contribution in [-0.2, 0) is 21.0 Å².